The average molecular weight is 515 g/mol. The zero-order valence-electron chi connectivity index (χ0n) is 19.4. The number of ether oxygens (including phenoxy) is 1. The molecule has 0 saturated carbocycles. The highest BCUT2D eigenvalue weighted by Gasteiger charge is 2.21. The van der Waals surface area contributed by atoms with Gasteiger partial charge in [0.05, 0.1) is 0 Å². The molecule has 5 rings (SSSR count). The molecule has 0 bridgehead atoms. The number of nitrogens with one attached hydrogen (secondary N) is 2. The molecule has 0 aliphatic carbocycles. The molecule has 0 fully saturated rings. The highest BCUT2D eigenvalue weighted by Crippen LogP contribution is 2.34. The molecule has 1 atom stereocenters. The van der Waals surface area contributed by atoms with E-state index in [1.54, 1.807) is 24.3 Å². The summed E-state index contributed by atoms with van der Waals surface area (Å²) in [5.74, 6) is 0.422. The van der Waals surface area contributed by atoms with Crippen molar-refractivity contribution >= 4 is 40.0 Å². The number of amides is 1. The Morgan fingerprint density at radius 3 is 2.33 bits per heavy atom. The van der Waals surface area contributed by atoms with Crippen LogP contribution in [-0.4, -0.2) is 17.4 Å². The molecule has 1 aromatic heterocycles. The summed E-state index contributed by atoms with van der Waals surface area (Å²) in [4.78, 5) is 16.3. The van der Waals surface area contributed by atoms with Gasteiger partial charge in [-0.3, -0.25) is 4.79 Å². The van der Waals surface area contributed by atoms with Crippen LogP contribution >= 0.6 is 23.2 Å². The zero-order valence-corrected chi connectivity index (χ0v) is 20.9. The van der Waals surface area contributed by atoms with Gasteiger partial charge in [-0.15, -0.1) is 0 Å². The van der Waals surface area contributed by atoms with Crippen LogP contribution in [0.15, 0.2) is 103 Å². The lowest BCUT2D eigenvalue weighted by molar-refractivity contribution is 0.0952. The first-order valence-electron chi connectivity index (χ1n) is 11.6. The minimum Gasteiger partial charge on any atom is -0.489 e. The van der Waals surface area contributed by atoms with Crippen molar-refractivity contribution in [2.24, 2.45) is 0 Å². The van der Waals surface area contributed by atoms with E-state index in [1.807, 2.05) is 72.9 Å². The van der Waals surface area contributed by atoms with Gasteiger partial charge in [0.1, 0.15) is 12.4 Å². The molecule has 2 N–H and O–H groups in total. The van der Waals surface area contributed by atoms with E-state index in [-0.39, 0.29) is 11.8 Å². The van der Waals surface area contributed by atoms with Crippen LogP contribution in [0.2, 0.25) is 10.0 Å². The normalized spacial score (nSPS) is 11.8. The van der Waals surface area contributed by atoms with E-state index in [2.05, 4.69) is 16.4 Å². The number of aromatic amines is 1. The van der Waals surface area contributed by atoms with E-state index in [9.17, 15) is 4.79 Å². The van der Waals surface area contributed by atoms with Gasteiger partial charge >= 0.3 is 0 Å². The lowest BCUT2D eigenvalue weighted by Crippen LogP contribution is -2.29. The summed E-state index contributed by atoms with van der Waals surface area (Å²) in [6.45, 7) is 0.825. The van der Waals surface area contributed by atoms with Crippen LogP contribution in [0.5, 0.6) is 5.75 Å². The third kappa shape index (κ3) is 5.40. The van der Waals surface area contributed by atoms with Crippen molar-refractivity contribution in [3.8, 4) is 5.75 Å². The predicted molar refractivity (Wildman–Crippen MR) is 146 cm³/mol. The predicted octanol–water partition coefficient (Wildman–Crippen LogP) is 7.62. The first-order valence-corrected chi connectivity index (χ1v) is 12.4. The number of fused-ring (bicyclic) bond motifs is 1. The molecule has 180 valence electrons. The van der Waals surface area contributed by atoms with Crippen LogP contribution < -0.4 is 10.1 Å². The molecule has 36 heavy (non-hydrogen) atoms. The van der Waals surface area contributed by atoms with Gasteiger partial charge in [-0.25, -0.2) is 0 Å². The lowest BCUT2D eigenvalue weighted by atomic mass is 9.90. The molecule has 1 heterocycles. The first-order chi connectivity index (χ1) is 17.6. The fraction of sp³-hybridized carbons (Fsp3) is 0.100. The van der Waals surface area contributed by atoms with Crippen molar-refractivity contribution in [1.29, 1.82) is 0 Å². The zero-order chi connectivity index (χ0) is 24.9. The van der Waals surface area contributed by atoms with Crippen LogP contribution in [0.25, 0.3) is 10.9 Å². The molecule has 0 saturated heterocycles. The molecule has 0 spiro atoms. The second kappa shape index (κ2) is 10.9. The van der Waals surface area contributed by atoms with Crippen molar-refractivity contribution in [1.82, 2.24) is 10.3 Å². The number of carbonyl (C=O) groups excluding carboxylic acids is 1. The van der Waals surface area contributed by atoms with E-state index in [0.29, 0.717) is 34.5 Å². The van der Waals surface area contributed by atoms with Crippen LogP contribution in [0.3, 0.4) is 0 Å². The van der Waals surface area contributed by atoms with Crippen LogP contribution in [0.4, 0.5) is 0 Å². The molecule has 1 amide bonds. The van der Waals surface area contributed by atoms with Gasteiger partial charge in [0, 0.05) is 45.2 Å². The largest absolute Gasteiger partial charge is 0.489 e. The van der Waals surface area contributed by atoms with E-state index in [1.165, 1.54) is 0 Å². The van der Waals surface area contributed by atoms with Crippen molar-refractivity contribution < 1.29 is 9.53 Å². The summed E-state index contributed by atoms with van der Waals surface area (Å²) in [7, 11) is 0. The summed E-state index contributed by atoms with van der Waals surface area (Å²) >= 11 is 12.5. The molecule has 0 radical (unpaired) electrons. The number of rotatable bonds is 8. The summed E-state index contributed by atoms with van der Waals surface area (Å²) in [6.07, 6.45) is 2.00. The van der Waals surface area contributed by atoms with E-state index < -0.39 is 0 Å². The number of halogens is 2. The van der Waals surface area contributed by atoms with Crippen molar-refractivity contribution in [3.63, 3.8) is 0 Å². The molecule has 4 nitrogen and oxygen atoms in total. The van der Waals surface area contributed by atoms with Gasteiger partial charge in [0.15, 0.2) is 0 Å². The molecular formula is C30H24Cl2N2O2. The SMILES string of the molecule is O=C(NCC(c1ccccc1Cl)c1c[nH]c2ccccc12)c1ccc(OCc2ccc(Cl)cc2)cc1. The highest BCUT2D eigenvalue weighted by atomic mass is 35.5. The monoisotopic (exact) mass is 514 g/mol. The average Bonchev–Trinajstić information content (AvgIpc) is 3.34. The maximum atomic E-state index is 13.0. The molecule has 1 unspecified atom stereocenters. The van der Waals surface area contributed by atoms with E-state index >= 15 is 0 Å². The number of H-pyrrole nitrogens is 1. The fourth-order valence-electron chi connectivity index (χ4n) is 4.27. The van der Waals surface area contributed by atoms with Crippen LogP contribution in [0, 0.1) is 0 Å². The smallest absolute Gasteiger partial charge is 0.251 e. The van der Waals surface area contributed by atoms with Gasteiger partial charge in [0.2, 0.25) is 0 Å². The van der Waals surface area contributed by atoms with Crippen molar-refractivity contribution in [2.45, 2.75) is 12.5 Å². The first kappa shape index (κ1) is 24.0. The lowest BCUT2D eigenvalue weighted by Gasteiger charge is -2.19. The van der Waals surface area contributed by atoms with Gasteiger partial charge in [0.25, 0.3) is 5.91 Å². The Morgan fingerprint density at radius 1 is 0.833 bits per heavy atom. The molecule has 0 aliphatic heterocycles. The Kier molecular flexibility index (Phi) is 7.26. The molecule has 0 aliphatic rings. The van der Waals surface area contributed by atoms with Crippen LogP contribution in [0.1, 0.15) is 33.0 Å². The third-order valence-corrected chi connectivity index (χ3v) is 6.78. The number of aromatic nitrogens is 1. The fourth-order valence-corrected chi connectivity index (χ4v) is 4.67. The standard InChI is InChI=1S/C30H24Cl2N2O2/c31-22-13-9-20(10-14-22)19-36-23-15-11-21(12-16-23)30(35)34-18-26(24-5-1-3-7-28(24)32)27-17-33-29-8-4-2-6-25(27)29/h1-17,26,33H,18-19H2,(H,34,35). The number of hydrogen-bond acceptors (Lipinski definition) is 2. The number of benzene rings is 4. The minimum absolute atomic E-state index is 0.110. The van der Waals surface area contributed by atoms with E-state index in [0.717, 1.165) is 27.6 Å². The Morgan fingerprint density at radius 2 is 1.56 bits per heavy atom. The van der Waals surface area contributed by atoms with Crippen molar-refractivity contribution in [2.75, 3.05) is 6.54 Å². The number of carbonyl (C=O) groups is 1. The number of para-hydroxylation sites is 1. The highest BCUT2D eigenvalue weighted by molar-refractivity contribution is 6.31. The maximum absolute atomic E-state index is 13.0. The summed E-state index contributed by atoms with van der Waals surface area (Å²) in [5.41, 5.74) is 4.68. The Bertz CT molecular complexity index is 1480. The van der Waals surface area contributed by atoms with Gasteiger partial charge in [-0.2, -0.15) is 0 Å². The molecular weight excluding hydrogens is 491 g/mol. The summed E-state index contributed by atoms with van der Waals surface area (Å²) in [6, 6.07) is 30.5. The van der Waals surface area contributed by atoms with Crippen LogP contribution in [-0.2, 0) is 6.61 Å². The second-order valence-electron chi connectivity index (χ2n) is 8.51. The summed E-state index contributed by atoms with van der Waals surface area (Å²) < 4.78 is 5.83. The Hall–Kier alpha value is -3.73. The van der Waals surface area contributed by atoms with Gasteiger partial charge in [-0.1, -0.05) is 71.7 Å². The Balaban J connectivity index is 1.29. The van der Waals surface area contributed by atoms with Crippen molar-refractivity contribution in [3.05, 3.63) is 136 Å². The second-order valence-corrected chi connectivity index (χ2v) is 9.36. The minimum atomic E-state index is -0.156. The topological polar surface area (TPSA) is 54.1 Å². The molecule has 6 heteroatoms. The number of hydrogen-bond donors (Lipinski definition) is 2. The molecule has 5 aromatic rings. The quantitative estimate of drug-likeness (QED) is 0.223. The van der Waals surface area contributed by atoms with E-state index in [4.69, 9.17) is 27.9 Å². The van der Waals surface area contributed by atoms with Gasteiger partial charge < -0.3 is 15.0 Å². The summed E-state index contributed by atoms with van der Waals surface area (Å²) in [5, 5.41) is 5.57. The van der Waals surface area contributed by atoms with Gasteiger partial charge in [-0.05, 0) is 65.2 Å². The maximum Gasteiger partial charge on any atom is 0.251 e. The third-order valence-electron chi connectivity index (χ3n) is 6.18. The molecule has 4 aromatic carbocycles. The Labute approximate surface area is 219 Å².